The molecule has 0 spiro atoms. The normalized spacial score (nSPS) is 17.8. The molecule has 1 saturated heterocycles. The third-order valence-corrected chi connectivity index (χ3v) is 18.0. The molecule has 0 bridgehead atoms. The van der Waals surface area contributed by atoms with Crippen LogP contribution in [0.4, 0.5) is 10.5 Å². The summed E-state index contributed by atoms with van der Waals surface area (Å²) in [6.45, 7) is 20.0. The highest BCUT2D eigenvalue weighted by Gasteiger charge is 2.45. The fourth-order valence-corrected chi connectivity index (χ4v) is 12.8. The number of likely N-dealkylation sites (tertiary alicyclic amines) is 1. The van der Waals surface area contributed by atoms with Gasteiger partial charge in [0.25, 0.3) is 17.7 Å². The Morgan fingerprint density at radius 2 is 1.37 bits per heavy atom. The van der Waals surface area contributed by atoms with E-state index in [1.54, 1.807) is 68.8 Å². The highest BCUT2D eigenvalue weighted by molar-refractivity contribution is 6.12. The minimum absolute atomic E-state index is 0.0539. The lowest BCUT2D eigenvalue weighted by atomic mass is 9.89. The zero-order chi connectivity index (χ0) is 68.7. The van der Waals surface area contributed by atoms with Crippen molar-refractivity contribution in [2.75, 3.05) is 60.3 Å². The number of urea groups is 1. The van der Waals surface area contributed by atoms with Crippen molar-refractivity contribution in [3.63, 3.8) is 0 Å². The lowest BCUT2D eigenvalue weighted by Gasteiger charge is -2.42. The molecule has 12 atom stereocenters. The Morgan fingerprint density at radius 3 is 1.93 bits per heavy atom. The number of quaternary nitrogens is 1. The zero-order valence-corrected chi connectivity index (χ0v) is 57.1. The summed E-state index contributed by atoms with van der Waals surface area (Å²) in [5.41, 5.74) is 7.22. The minimum atomic E-state index is -1.08. The highest BCUT2D eigenvalue weighted by atomic mass is 16.5. The van der Waals surface area contributed by atoms with Crippen LogP contribution in [0.3, 0.4) is 0 Å². The van der Waals surface area contributed by atoms with Crippen molar-refractivity contribution in [1.82, 2.24) is 41.3 Å². The number of hydrogen-bond acceptors (Lipinski definition) is 13. The molecule has 1 fully saturated rings. The second kappa shape index (κ2) is 36.8. The molecule has 2 aromatic carbocycles. The molecule has 0 radical (unpaired) electrons. The van der Waals surface area contributed by atoms with Crippen LogP contribution in [0.5, 0.6) is 0 Å². The van der Waals surface area contributed by atoms with Gasteiger partial charge < -0.3 is 66.5 Å². The summed E-state index contributed by atoms with van der Waals surface area (Å²) in [6.07, 6.45) is 4.11. The van der Waals surface area contributed by atoms with Crippen LogP contribution in [0.15, 0.2) is 66.7 Å². The maximum atomic E-state index is 15.0. The molecule has 2 aliphatic heterocycles. The van der Waals surface area contributed by atoms with Crippen LogP contribution >= 0.6 is 0 Å². The van der Waals surface area contributed by atoms with Crippen molar-refractivity contribution in [3.8, 4) is 0 Å². The Kier molecular flexibility index (Phi) is 30.9. The lowest BCUT2D eigenvalue weighted by Crippen LogP contribution is -2.63. The first-order valence-electron chi connectivity index (χ1n) is 32.7. The number of primary amides is 1. The molecule has 0 aliphatic carbocycles. The summed E-state index contributed by atoms with van der Waals surface area (Å²) < 4.78 is 12.3. The molecule has 2 aromatic rings. The molecule has 92 heavy (non-hydrogen) atoms. The molecule has 2 heterocycles. The van der Waals surface area contributed by atoms with Crippen molar-refractivity contribution < 1.29 is 67.0 Å². The number of carbonyl (C=O) groups is 10. The van der Waals surface area contributed by atoms with Gasteiger partial charge in [-0.2, -0.15) is 0 Å². The number of amides is 11. The molecular formula is C68H108N11O13+. The van der Waals surface area contributed by atoms with Crippen molar-refractivity contribution in [2.24, 2.45) is 35.3 Å². The maximum absolute atomic E-state index is 15.0. The molecule has 24 heteroatoms. The average molecular weight is 1290 g/mol. The molecular weight excluding hydrogens is 1180 g/mol. The van der Waals surface area contributed by atoms with Crippen molar-refractivity contribution in [2.45, 2.75) is 201 Å². The molecule has 0 saturated carbocycles. The first-order valence-corrected chi connectivity index (χ1v) is 32.7. The highest BCUT2D eigenvalue weighted by Crippen LogP contribution is 2.31. The van der Waals surface area contributed by atoms with Crippen LogP contribution in [-0.2, 0) is 59.2 Å². The number of nitrogens with one attached hydrogen (secondary N) is 6. The number of unbranched alkanes of at least 4 members (excludes halogenated alkanes) is 2. The number of hydrogen-bond donors (Lipinski definition) is 8. The number of anilines is 1. The summed E-state index contributed by atoms with van der Waals surface area (Å²) in [5, 5.41) is 28.1. The molecule has 0 unspecified atom stereocenters. The third-order valence-electron chi connectivity index (χ3n) is 18.0. The van der Waals surface area contributed by atoms with Crippen LogP contribution in [0, 0.1) is 29.6 Å². The van der Waals surface area contributed by atoms with Crippen LogP contribution < -0.4 is 37.6 Å². The van der Waals surface area contributed by atoms with Gasteiger partial charge in [-0.25, -0.2) is 4.79 Å². The zero-order valence-electron chi connectivity index (χ0n) is 57.1. The molecule has 4 rings (SSSR count). The summed E-state index contributed by atoms with van der Waals surface area (Å²) in [4.78, 5) is 139. The predicted octanol–water partition coefficient (Wildman–Crippen LogP) is 5.09. The van der Waals surface area contributed by atoms with Crippen LogP contribution in [0.25, 0.3) is 0 Å². The number of carbonyl (C=O) groups excluding carboxylic acids is 10. The first kappa shape index (κ1) is 77.2. The minimum Gasteiger partial charge on any atom is -0.386 e. The number of methoxy groups -OCH3 is 2. The second-order valence-corrected chi connectivity index (χ2v) is 26.5. The molecule has 24 nitrogen and oxygen atoms in total. The van der Waals surface area contributed by atoms with E-state index in [2.05, 4.69) is 31.9 Å². The van der Waals surface area contributed by atoms with Crippen molar-refractivity contribution in [1.29, 1.82) is 0 Å². The molecule has 11 amide bonds. The van der Waals surface area contributed by atoms with Gasteiger partial charge >= 0.3 is 6.03 Å². The van der Waals surface area contributed by atoms with Gasteiger partial charge in [0.15, 0.2) is 6.04 Å². The van der Waals surface area contributed by atoms with E-state index in [1.165, 1.54) is 26.4 Å². The van der Waals surface area contributed by atoms with E-state index >= 15 is 0 Å². The summed E-state index contributed by atoms with van der Waals surface area (Å²) in [5.74, 6) is -5.03. The van der Waals surface area contributed by atoms with Gasteiger partial charge in [0, 0.05) is 76.6 Å². The van der Waals surface area contributed by atoms with Crippen LogP contribution in [0.1, 0.15) is 151 Å². The first-order chi connectivity index (χ1) is 43.4. The van der Waals surface area contributed by atoms with E-state index in [0.717, 1.165) is 10.5 Å². The monoisotopic (exact) mass is 1290 g/mol. The van der Waals surface area contributed by atoms with Gasteiger partial charge in [0.05, 0.1) is 62.9 Å². The van der Waals surface area contributed by atoms with Crippen LogP contribution in [-0.4, -0.2) is 193 Å². The number of aliphatic hydroxyl groups is 1. The quantitative estimate of drug-likeness (QED) is 0.0247. The van der Waals surface area contributed by atoms with Crippen molar-refractivity contribution in [3.05, 3.63) is 77.9 Å². The fourth-order valence-electron chi connectivity index (χ4n) is 12.8. The fraction of sp³-hybridized carbons (Fsp3) is 0.647. The van der Waals surface area contributed by atoms with E-state index in [-0.39, 0.29) is 108 Å². The number of nitrogens with two attached hydrogens (primary N) is 1. The van der Waals surface area contributed by atoms with E-state index in [9.17, 15) is 53.1 Å². The number of nitrogens with zero attached hydrogens (tertiary/aromatic N) is 4. The maximum Gasteiger partial charge on any atom is 0.312 e. The third kappa shape index (κ3) is 22.2. The van der Waals surface area contributed by atoms with Crippen LogP contribution in [0.2, 0.25) is 0 Å². The number of imide groups is 1. The Hall–Kier alpha value is -7.28. The number of rotatable bonds is 38. The van der Waals surface area contributed by atoms with E-state index in [1.807, 2.05) is 86.0 Å². The molecule has 512 valence electrons. The van der Waals surface area contributed by atoms with Gasteiger partial charge in [-0.3, -0.25) is 48.1 Å². The van der Waals surface area contributed by atoms with Gasteiger partial charge in [0.2, 0.25) is 35.4 Å². The van der Waals surface area contributed by atoms with Gasteiger partial charge in [-0.15, -0.1) is 0 Å². The Morgan fingerprint density at radius 1 is 0.739 bits per heavy atom. The largest absolute Gasteiger partial charge is 0.386 e. The van der Waals surface area contributed by atoms with Gasteiger partial charge in [-0.05, 0) is 80.9 Å². The Balaban J connectivity index is 1.43. The second-order valence-electron chi connectivity index (χ2n) is 26.5. The van der Waals surface area contributed by atoms with E-state index in [0.29, 0.717) is 62.9 Å². The summed E-state index contributed by atoms with van der Waals surface area (Å²) >= 11 is 0. The summed E-state index contributed by atoms with van der Waals surface area (Å²) in [7, 11) is 8.65. The lowest BCUT2D eigenvalue weighted by molar-refractivity contribution is -0.922. The molecule has 0 aromatic heterocycles. The number of benzene rings is 2. The van der Waals surface area contributed by atoms with Gasteiger partial charge in [0.1, 0.15) is 24.7 Å². The van der Waals surface area contributed by atoms with E-state index in [4.69, 9.17) is 15.2 Å². The van der Waals surface area contributed by atoms with Gasteiger partial charge in [-0.1, -0.05) is 118 Å². The number of likely N-dealkylation sites (N-methyl/N-ethyl adjacent to an activating group) is 2. The topological polar surface area (TPSA) is 317 Å². The average Bonchev–Trinajstić information content (AvgIpc) is 1.17. The number of ether oxygens (including phenoxy) is 2. The molecule has 9 N–H and O–H groups in total. The number of aliphatic hydroxyl groups excluding tert-OH is 1. The van der Waals surface area contributed by atoms with E-state index < -0.39 is 84.4 Å². The smallest absolute Gasteiger partial charge is 0.312 e. The molecule has 2 aliphatic rings. The SMILES string of the molecule is CC[C@H](C)[C@@H]([C@@H](CC(=O)N1CCC[C@H]1[C@H](OC)[C@@H](C)C(=O)N[C@H](C)[C@@H](O)c1ccccc1)OC)N(C)C(=O)[C@@H](NC(=O)[C@H](C(C)C)[N+](C)(C)Cc1ccc(NC(=O)[C@H](CCCNC(N)=O)NC(=O)[C@@H](NC(=O)CCCCCN2C(=O)C=CC2=O)C(C)C)cc1)C(C)C. The summed E-state index contributed by atoms with van der Waals surface area (Å²) in [6, 6.07) is 10.3. The Bertz CT molecular complexity index is 2800. The predicted molar refractivity (Wildman–Crippen MR) is 351 cm³/mol. The standard InChI is InChI=1S/C68H107N11O13/c1-16-44(8)59(52(91-14)39-56(83)77-38-24-28-51(77)62(92-15)45(9)63(85)71-46(10)61(84)48-25-19-17-20-26-48)76(11)67(89)58(42(4)5)75-66(88)60(43(6)7)79(12,13)40-47-30-32-49(33-31-47)72-64(86)50(27-23-36-70-68(69)90)73-65(87)57(41(2)3)74-53(80)29-21-18-22-37-78-54(81)34-35-55(78)82/h17,19-20,25-26,30-35,41-46,50-52,57-62,84H,16,18,21-24,27-29,36-40H2,1-15H3,(H7-,69,70,71,72,73,74,75,80,85,86,87,88,90)/p+1/t44-,45+,46+,50-,51-,52+,57-,58-,59-,60-,61+,62+/m0/s1. The van der Waals surface area contributed by atoms with Crippen molar-refractivity contribution >= 4 is 64.9 Å². The Labute approximate surface area is 545 Å².